The smallest absolute Gasteiger partial charge is 0.246 e. The molecule has 2 aromatic heterocycles. The SMILES string of the molecule is Cn1nccc1N1CCC[C@@H](N(Cc2nccs2)S(C)(=O)=O)C1=O. The van der Waals surface area contributed by atoms with E-state index in [-0.39, 0.29) is 12.5 Å². The first-order chi connectivity index (χ1) is 11.4. The Labute approximate surface area is 144 Å². The van der Waals surface area contributed by atoms with E-state index in [0.717, 1.165) is 12.7 Å². The highest BCUT2D eigenvalue weighted by Gasteiger charge is 2.39. The average molecular weight is 369 g/mol. The molecular formula is C14H19N5O3S2. The number of carbonyl (C=O) groups excluding carboxylic acids is 1. The fourth-order valence-electron chi connectivity index (χ4n) is 2.91. The van der Waals surface area contributed by atoms with Crippen molar-refractivity contribution >= 4 is 33.1 Å². The lowest BCUT2D eigenvalue weighted by Gasteiger charge is -2.36. The van der Waals surface area contributed by atoms with Gasteiger partial charge in [-0.3, -0.25) is 14.4 Å². The molecule has 130 valence electrons. The summed E-state index contributed by atoms with van der Waals surface area (Å²) >= 11 is 1.38. The quantitative estimate of drug-likeness (QED) is 0.779. The fraction of sp³-hybridized carbons (Fsp3) is 0.500. The van der Waals surface area contributed by atoms with Crippen molar-refractivity contribution in [2.24, 2.45) is 7.05 Å². The summed E-state index contributed by atoms with van der Waals surface area (Å²) in [4.78, 5) is 18.7. The Balaban J connectivity index is 1.89. The number of sulfonamides is 1. The standard InChI is InChI=1S/C14H19N5O3S2/c1-17-13(5-6-16-17)18-8-3-4-11(14(18)20)19(24(2,21)22)10-12-15-7-9-23-12/h5-7,9,11H,3-4,8,10H2,1-2H3/t11-/m1/s1. The van der Waals surface area contributed by atoms with Crippen molar-refractivity contribution in [3.63, 3.8) is 0 Å². The maximum atomic E-state index is 13.0. The molecule has 0 spiro atoms. The van der Waals surface area contributed by atoms with Crippen LogP contribution in [-0.2, 0) is 28.4 Å². The number of hydrogen-bond acceptors (Lipinski definition) is 6. The minimum absolute atomic E-state index is 0.117. The van der Waals surface area contributed by atoms with Crippen LogP contribution in [0.3, 0.4) is 0 Å². The first-order valence-electron chi connectivity index (χ1n) is 7.52. The third-order valence-corrected chi connectivity index (χ3v) is 6.03. The summed E-state index contributed by atoms with van der Waals surface area (Å²) in [6.45, 7) is 0.676. The van der Waals surface area contributed by atoms with Gasteiger partial charge in [-0.15, -0.1) is 11.3 Å². The number of aryl methyl sites for hydroxylation is 1. The van der Waals surface area contributed by atoms with E-state index in [0.29, 0.717) is 23.8 Å². The number of aromatic nitrogens is 3. The topological polar surface area (TPSA) is 88.4 Å². The van der Waals surface area contributed by atoms with Gasteiger partial charge in [0.25, 0.3) is 0 Å². The van der Waals surface area contributed by atoms with Crippen LogP contribution in [-0.4, -0.2) is 52.2 Å². The zero-order valence-corrected chi connectivity index (χ0v) is 15.1. The van der Waals surface area contributed by atoms with E-state index in [1.54, 1.807) is 40.5 Å². The number of piperidine rings is 1. The van der Waals surface area contributed by atoms with Gasteiger partial charge in [-0.2, -0.15) is 9.40 Å². The van der Waals surface area contributed by atoms with E-state index in [9.17, 15) is 13.2 Å². The number of hydrogen-bond donors (Lipinski definition) is 0. The van der Waals surface area contributed by atoms with Gasteiger partial charge in [-0.05, 0) is 12.8 Å². The van der Waals surface area contributed by atoms with E-state index in [1.165, 1.54) is 15.6 Å². The van der Waals surface area contributed by atoms with E-state index >= 15 is 0 Å². The molecule has 10 heteroatoms. The maximum absolute atomic E-state index is 13.0. The lowest BCUT2D eigenvalue weighted by Crippen LogP contribution is -2.54. The molecule has 1 fully saturated rings. The van der Waals surface area contributed by atoms with Crippen molar-refractivity contribution in [2.75, 3.05) is 17.7 Å². The summed E-state index contributed by atoms with van der Waals surface area (Å²) in [6, 6.07) is 1.04. The minimum atomic E-state index is -3.55. The van der Waals surface area contributed by atoms with E-state index in [1.807, 2.05) is 0 Å². The van der Waals surface area contributed by atoms with Gasteiger partial charge in [-0.1, -0.05) is 0 Å². The van der Waals surface area contributed by atoms with Crippen LogP contribution in [0.2, 0.25) is 0 Å². The summed E-state index contributed by atoms with van der Waals surface area (Å²) in [7, 11) is -1.79. The Morgan fingerprint density at radius 2 is 2.21 bits per heavy atom. The molecule has 0 saturated carbocycles. The zero-order valence-electron chi connectivity index (χ0n) is 13.5. The first-order valence-corrected chi connectivity index (χ1v) is 10.3. The second-order valence-electron chi connectivity index (χ2n) is 5.69. The number of carbonyl (C=O) groups is 1. The summed E-state index contributed by atoms with van der Waals surface area (Å²) in [6.07, 6.45) is 5.62. The molecule has 1 amide bonds. The Morgan fingerprint density at radius 3 is 2.79 bits per heavy atom. The molecule has 24 heavy (non-hydrogen) atoms. The zero-order chi connectivity index (χ0) is 17.3. The highest BCUT2D eigenvalue weighted by atomic mass is 32.2. The molecule has 1 saturated heterocycles. The van der Waals surface area contributed by atoms with Crippen molar-refractivity contribution in [1.82, 2.24) is 19.1 Å². The Bertz CT molecular complexity index is 815. The van der Waals surface area contributed by atoms with Crippen LogP contribution in [0.1, 0.15) is 17.8 Å². The molecule has 0 unspecified atom stereocenters. The van der Waals surface area contributed by atoms with Crippen molar-refractivity contribution in [2.45, 2.75) is 25.4 Å². The fourth-order valence-corrected chi connectivity index (χ4v) is 4.62. The number of amides is 1. The van der Waals surface area contributed by atoms with Crippen molar-refractivity contribution in [1.29, 1.82) is 0 Å². The average Bonchev–Trinajstić information content (AvgIpc) is 3.16. The van der Waals surface area contributed by atoms with Gasteiger partial charge in [0.15, 0.2) is 0 Å². The van der Waals surface area contributed by atoms with Crippen LogP contribution in [0.25, 0.3) is 0 Å². The normalized spacial score (nSPS) is 19.2. The van der Waals surface area contributed by atoms with Crippen molar-refractivity contribution in [3.05, 3.63) is 28.8 Å². The molecule has 8 nitrogen and oxygen atoms in total. The van der Waals surface area contributed by atoms with Crippen molar-refractivity contribution in [3.8, 4) is 0 Å². The number of nitrogens with zero attached hydrogens (tertiary/aromatic N) is 5. The van der Waals surface area contributed by atoms with Crippen molar-refractivity contribution < 1.29 is 13.2 Å². The van der Waals surface area contributed by atoms with E-state index in [2.05, 4.69) is 10.1 Å². The van der Waals surface area contributed by atoms with Gasteiger partial charge >= 0.3 is 0 Å². The number of rotatable bonds is 5. The summed E-state index contributed by atoms with van der Waals surface area (Å²) in [5.74, 6) is 0.458. The minimum Gasteiger partial charge on any atom is -0.296 e. The molecule has 0 radical (unpaired) electrons. The Morgan fingerprint density at radius 1 is 1.42 bits per heavy atom. The third-order valence-electron chi connectivity index (χ3n) is 4.03. The lowest BCUT2D eigenvalue weighted by atomic mass is 10.0. The second kappa shape index (κ2) is 6.61. The molecule has 1 atom stereocenters. The molecule has 1 aliphatic heterocycles. The van der Waals surface area contributed by atoms with Crippen LogP contribution >= 0.6 is 11.3 Å². The molecule has 0 aliphatic carbocycles. The Hall–Kier alpha value is -1.78. The molecular weight excluding hydrogens is 350 g/mol. The number of thiazole rings is 1. The summed E-state index contributed by atoms with van der Waals surface area (Å²) < 4.78 is 27.4. The predicted octanol–water partition coefficient (Wildman–Crippen LogP) is 0.834. The van der Waals surface area contributed by atoms with Crippen LogP contribution < -0.4 is 4.90 Å². The van der Waals surface area contributed by atoms with Crippen LogP contribution in [0.15, 0.2) is 23.8 Å². The van der Waals surface area contributed by atoms with Crippen LogP contribution in [0.5, 0.6) is 0 Å². The van der Waals surface area contributed by atoms with Gasteiger partial charge in [0.2, 0.25) is 15.9 Å². The molecule has 0 bridgehead atoms. The van der Waals surface area contributed by atoms with Gasteiger partial charge in [0.1, 0.15) is 16.9 Å². The largest absolute Gasteiger partial charge is 0.296 e. The highest BCUT2D eigenvalue weighted by molar-refractivity contribution is 7.88. The Kier molecular flexibility index (Phi) is 4.70. The third kappa shape index (κ3) is 3.35. The molecule has 0 aromatic carbocycles. The van der Waals surface area contributed by atoms with Gasteiger partial charge in [0, 0.05) is 31.2 Å². The molecule has 1 aliphatic rings. The monoisotopic (exact) mass is 369 g/mol. The summed E-state index contributed by atoms with van der Waals surface area (Å²) in [5, 5.41) is 6.55. The molecule has 0 N–H and O–H groups in total. The molecule has 3 heterocycles. The van der Waals surface area contributed by atoms with E-state index < -0.39 is 16.1 Å². The summed E-state index contributed by atoms with van der Waals surface area (Å²) in [5.41, 5.74) is 0. The first kappa shape index (κ1) is 17.1. The molecule has 3 rings (SSSR count). The van der Waals surface area contributed by atoms with Crippen LogP contribution in [0, 0.1) is 0 Å². The van der Waals surface area contributed by atoms with Gasteiger partial charge in [0.05, 0.1) is 19.0 Å². The molecule has 2 aromatic rings. The van der Waals surface area contributed by atoms with Gasteiger partial charge < -0.3 is 0 Å². The lowest BCUT2D eigenvalue weighted by molar-refractivity contribution is -0.123. The van der Waals surface area contributed by atoms with Crippen LogP contribution in [0.4, 0.5) is 5.82 Å². The predicted molar refractivity (Wildman–Crippen MR) is 91.1 cm³/mol. The highest BCUT2D eigenvalue weighted by Crippen LogP contribution is 2.26. The van der Waals surface area contributed by atoms with E-state index in [4.69, 9.17) is 0 Å². The van der Waals surface area contributed by atoms with Gasteiger partial charge in [-0.25, -0.2) is 13.4 Å². The maximum Gasteiger partial charge on any atom is 0.246 e. The number of anilines is 1. The second-order valence-corrected chi connectivity index (χ2v) is 8.61.